The second-order valence-electron chi connectivity index (χ2n) is 11.7. The highest BCUT2D eigenvalue weighted by Gasteiger charge is 2.28. The van der Waals surface area contributed by atoms with Crippen LogP contribution in [0.4, 0.5) is 0 Å². The van der Waals surface area contributed by atoms with Gasteiger partial charge in [-0.2, -0.15) is 0 Å². The van der Waals surface area contributed by atoms with E-state index < -0.39 is 0 Å². The molecular weight excluding hydrogens is 562 g/mol. The molecule has 2 N–H and O–H groups in total. The number of benzene rings is 6. The molecule has 220 valence electrons. The Morgan fingerprint density at radius 3 is 1.91 bits per heavy atom. The fourth-order valence-corrected chi connectivity index (χ4v) is 6.94. The molecular formula is C41H31N5. The smallest absolute Gasteiger partial charge is 0.162 e. The normalized spacial score (nSPS) is 16.5. The minimum atomic E-state index is -0.237. The van der Waals surface area contributed by atoms with Crippen LogP contribution in [0.2, 0.25) is 0 Å². The first-order chi connectivity index (χ1) is 22.8. The van der Waals surface area contributed by atoms with Crippen LogP contribution >= 0.6 is 0 Å². The fraction of sp³-hybridized carbons (Fsp3) is 0.0488. The molecule has 5 nitrogen and oxygen atoms in total. The van der Waals surface area contributed by atoms with Gasteiger partial charge in [0.1, 0.15) is 12.0 Å². The van der Waals surface area contributed by atoms with Crippen LogP contribution in [-0.2, 0) is 0 Å². The number of nitrogens with one attached hydrogen (secondary N) is 2. The molecule has 0 saturated carbocycles. The SMILES string of the molecule is c1ccc(C2=NC(c3ccccc3)NC(n3ccc4c5c6ccccc6n(-c6ccccc6)c5c(-c5ccccc5)cc43)N2)cc1. The van der Waals surface area contributed by atoms with Gasteiger partial charge in [-0.05, 0) is 41.5 Å². The maximum Gasteiger partial charge on any atom is 0.162 e. The molecule has 8 aromatic rings. The van der Waals surface area contributed by atoms with Gasteiger partial charge in [-0.15, -0.1) is 0 Å². The van der Waals surface area contributed by atoms with Crippen LogP contribution in [0.25, 0.3) is 49.5 Å². The predicted molar refractivity (Wildman–Crippen MR) is 189 cm³/mol. The van der Waals surface area contributed by atoms with E-state index >= 15 is 0 Å². The molecule has 0 spiro atoms. The molecule has 0 radical (unpaired) electrons. The van der Waals surface area contributed by atoms with E-state index in [1.54, 1.807) is 0 Å². The molecule has 2 aromatic heterocycles. The standard InChI is InChI=1S/C41H31N5/c1-5-15-28(16-6-1)34-27-36-33(37-32-23-13-14-24-35(32)46(38(34)37)31-21-11-4-12-22-31)25-26-45(36)41-43-39(29-17-7-2-8-18-29)42-40(44-41)30-19-9-3-10-20-30/h1-27,39,41,43H,(H,42,44). The highest BCUT2D eigenvalue weighted by atomic mass is 15.4. The van der Waals surface area contributed by atoms with E-state index in [4.69, 9.17) is 4.99 Å². The zero-order valence-corrected chi connectivity index (χ0v) is 25.1. The van der Waals surface area contributed by atoms with Gasteiger partial charge in [0, 0.05) is 39.2 Å². The van der Waals surface area contributed by atoms with Crippen molar-refractivity contribution in [2.45, 2.75) is 12.5 Å². The summed E-state index contributed by atoms with van der Waals surface area (Å²) in [5, 5.41) is 11.2. The minimum absolute atomic E-state index is 0.211. The van der Waals surface area contributed by atoms with Crippen molar-refractivity contribution in [2.24, 2.45) is 4.99 Å². The molecule has 6 aromatic carbocycles. The number of rotatable bonds is 5. The number of hydrogen-bond acceptors (Lipinski definition) is 3. The first-order valence-electron chi connectivity index (χ1n) is 15.7. The maximum atomic E-state index is 5.13. The van der Waals surface area contributed by atoms with Crippen LogP contribution in [0.15, 0.2) is 169 Å². The Kier molecular flexibility index (Phi) is 6.28. The van der Waals surface area contributed by atoms with Gasteiger partial charge < -0.3 is 14.5 Å². The molecule has 9 rings (SSSR count). The van der Waals surface area contributed by atoms with Gasteiger partial charge in [-0.3, -0.25) is 5.32 Å². The third kappa shape index (κ3) is 4.32. The summed E-state index contributed by atoms with van der Waals surface area (Å²) in [5.41, 5.74) is 9.25. The number of para-hydroxylation sites is 2. The van der Waals surface area contributed by atoms with Crippen molar-refractivity contribution in [3.8, 4) is 16.8 Å². The molecule has 1 aliphatic heterocycles. The highest BCUT2D eigenvalue weighted by Crippen LogP contribution is 2.43. The van der Waals surface area contributed by atoms with E-state index in [2.05, 4.69) is 172 Å². The Labute approximate surface area is 267 Å². The lowest BCUT2D eigenvalue weighted by molar-refractivity contribution is 0.323. The van der Waals surface area contributed by atoms with Crippen LogP contribution in [0.3, 0.4) is 0 Å². The first-order valence-corrected chi connectivity index (χ1v) is 15.7. The van der Waals surface area contributed by atoms with Gasteiger partial charge in [-0.25, -0.2) is 4.99 Å². The summed E-state index contributed by atoms with van der Waals surface area (Å²) in [4.78, 5) is 5.13. The summed E-state index contributed by atoms with van der Waals surface area (Å²) in [6.45, 7) is 0. The molecule has 1 aliphatic rings. The average molecular weight is 594 g/mol. The predicted octanol–water partition coefficient (Wildman–Crippen LogP) is 9.20. The fourth-order valence-electron chi connectivity index (χ4n) is 6.94. The van der Waals surface area contributed by atoms with E-state index in [9.17, 15) is 0 Å². The molecule has 46 heavy (non-hydrogen) atoms. The quantitative estimate of drug-likeness (QED) is 0.209. The van der Waals surface area contributed by atoms with Gasteiger partial charge in [0.15, 0.2) is 6.29 Å². The van der Waals surface area contributed by atoms with E-state index in [0.29, 0.717) is 0 Å². The van der Waals surface area contributed by atoms with Crippen molar-refractivity contribution >= 4 is 38.5 Å². The van der Waals surface area contributed by atoms with Crippen LogP contribution in [0, 0.1) is 0 Å². The van der Waals surface area contributed by atoms with Crippen molar-refractivity contribution in [2.75, 3.05) is 0 Å². The first kappa shape index (κ1) is 26.5. The number of nitrogens with zero attached hydrogens (tertiary/aromatic N) is 3. The number of fused-ring (bicyclic) bond motifs is 5. The Morgan fingerprint density at radius 2 is 1.17 bits per heavy atom. The summed E-state index contributed by atoms with van der Waals surface area (Å²) >= 11 is 0. The van der Waals surface area contributed by atoms with E-state index in [-0.39, 0.29) is 12.5 Å². The number of aromatic nitrogens is 2. The molecule has 2 unspecified atom stereocenters. The van der Waals surface area contributed by atoms with Crippen LogP contribution < -0.4 is 10.6 Å². The average Bonchev–Trinajstić information content (AvgIpc) is 3.72. The largest absolute Gasteiger partial charge is 0.337 e. The monoisotopic (exact) mass is 593 g/mol. The minimum Gasteiger partial charge on any atom is -0.337 e. The molecule has 2 atom stereocenters. The van der Waals surface area contributed by atoms with Gasteiger partial charge in [-0.1, -0.05) is 127 Å². The molecule has 0 saturated heterocycles. The second-order valence-corrected chi connectivity index (χ2v) is 11.7. The molecule has 0 fully saturated rings. The van der Waals surface area contributed by atoms with E-state index in [1.807, 2.05) is 12.1 Å². The van der Waals surface area contributed by atoms with E-state index in [1.165, 1.54) is 38.3 Å². The molecule has 0 aliphatic carbocycles. The van der Waals surface area contributed by atoms with Crippen molar-refractivity contribution in [3.05, 3.63) is 175 Å². The Morgan fingerprint density at radius 1 is 0.565 bits per heavy atom. The lowest BCUT2D eigenvalue weighted by Crippen LogP contribution is -2.47. The summed E-state index contributed by atoms with van der Waals surface area (Å²) in [5.74, 6) is 0.866. The maximum absolute atomic E-state index is 5.13. The Hall–Kier alpha value is -5.91. The van der Waals surface area contributed by atoms with Crippen molar-refractivity contribution in [1.82, 2.24) is 19.8 Å². The molecule has 3 heterocycles. The lowest BCUT2D eigenvalue weighted by atomic mass is 9.99. The summed E-state index contributed by atoms with van der Waals surface area (Å²) in [6, 6.07) is 55.7. The van der Waals surface area contributed by atoms with Crippen LogP contribution in [0.1, 0.15) is 23.6 Å². The van der Waals surface area contributed by atoms with Gasteiger partial charge >= 0.3 is 0 Å². The summed E-state index contributed by atoms with van der Waals surface area (Å²) in [7, 11) is 0. The summed E-state index contributed by atoms with van der Waals surface area (Å²) in [6.07, 6.45) is 1.75. The van der Waals surface area contributed by atoms with Crippen LogP contribution in [0.5, 0.6) is 0 Å². The number of amidine groups is 1. The van der Waals surface area contributed by atoms with Crippen molar-refractivity contribution < 1.29 is 0 Å². The Balaban J connectivity index is 1.31. The van der Waals surface area contributed by atoms with E-state index in [0.717, 1.165) is 28.2 Å². The highest BCUT2D eigenvalue weighted by molar-refractivity contribution is 6.24. The Bertz CT molecular complexity index is 2350. The molecule has 0 bridgehead atoms. The molecule has 5 heteroatoms. The third-order valence-corrected chi connectivity index (χ3v) is 9.02. The van der Waals surface area contributed by atoms with Gasteiger partial charge in [0.05, 0.1) is 16.6 Å². The van der Waals surface area contributed by atoms with Gasteiger partial charge in [0.25, 0.3) is 0 Å². The topological polar surface area (TPSA) is 46.3 Å². The number of hydrogen-bond donors (Lipinski definition) is 2. The zero-order valence-electron chi connectivity index (χ0n) is 25.1. The zero-order chi connectivity index (χ0) is 30.5. The summed E-state index contributed by atoms with van der Waals surface area (Å²) < 4.78 is 4.75. The molecule has 0 amide bonds. The third-order valence-electron chi connectivity index (χ3n) is 9.02. The van der Waals surface area contributed by atoms with Gasteiger partial charge in [0.2, 0.25) is 0 Å². The number of aliphatic imine (C=N–C) groups is 1. The second kappa shape index (κ2) is 10.9. The van der Waals surface area contributed by atoms with Crippen LogP contribution in [-0.4, -0.2) is 15.0 Å². The van der Waals surface area contributed by atoms with Crippen molar-refractivity contribution in [1.29, 1.82) is 0 Å². The lowest BCUT2D eigenvalue weighted by Gasteiger charge is -2.33. The van der Waals surface area contributed by atoms with Crippen molar-refractivity contribution in [3.63, 3.8) is 0 Å².